The number of aliphatic hydroxyl groups excluding tert-OH is 1. The van der Waals surface area contributed by atoms with Crippen LogP contribution in [0.15, 0.2) is 59.5 Å². The van der Waals surface area contributed by atoms with Crippen molar-refractivity contribution in [1.29, 1.82) is 0 Å². The smallest absolute Gasteiger partial charge is 0.243 e. The topological polar surface area (TPSA) is 65.8 Å². The number of fused-ring (bicyclic) bond motifs is 1. The maximum atomic E-state index is 13.3. The van der Waals surface area contributed by atoms with Crippen LogP contribution in [0, 0.1) is 12.7 Å². The Labute approximate surface area is 206 Å². The Kier molecular flexibility index (Phi) is 6.81. The number of aromatic nitrogens is 1. The number of sulfonamides is 1. The fraction of sp³-hybridized carbons (Fsp3) is 0.407. The molecule has 2 aromatic carbocycles. The predicted molar refractivity (Wildman–Crippen MR) is 136 cm³/mol. The van der Waals surface area contributed by atoms with E-state index in [4.69, 9.17) is 0 Å². The maximum absolute atomic E-state index is 13.3. The molecule has 0 radical (unpaired) electrons. The molecule has 186 valence electrons. The number of halogens is 1. The first-order valence-electron chi connectivity index (χ1n) is 12.3. The molecule has 3 heterocycles. The van der Waals surface area contributed by atoms with Crippen molar-refractivity contribution in [3.8, 4) is 0 Å². The molecule has 1 fully saturated rings. The minimum absolute atomic E-state index is 0.107. The van der Waals surface area contributed by atoms with Crippen molar-refractivity contribution in [2.75, 3.05) is 32.7 Å². The fourth-order valence-electron chi connectivity index (χ4n) is 5.45. The molecule has 1 unspecified atom stereocenters. The van der Waals surface area contributed by atoms with Gasteiger partial charge in [0.15, 0.2) is 0 Å². The molecule has 8 heteroatoms. The molecule has 3 aromatic rings. The zero-order valence-electron chi connectivity index (χ0n) is 20.0. The summed E-state index contributed by atoms with van der Waals surface area (Å²) in [4.78, 5) is 2.43. The molecule has 1 aromatic heterocycles. The number of hydrogen-bond acceptors (Lipinski definition) is 4. The Balaban J connectivity index is 1.40. The van der Waals surface area contributed by atoms with E-state index in [1.54, 1.807) is 0 Å². The van der Waals surface area contributed by atoms with Gasteiger partial charge in [0.25, 0.3) is 0 Å². The number of para-hydroxylation sites is 1. The van der Waals surface area contributed by atoms with Crippen LogP contribution in [0.4, 0.5) is 4.39 Å². The lowest BCUT2D eigenvalue weighted by molar-refractivity contribution is 0.110. The summed E-state index contributed by atoms with van der Waals surface area (Å²) in [5, 5.41) is 12.0. The summed E-state index contributed by atoms with van der Waals surface area (Å²) < 4.78 is 43.0. The van der Waals surface area contributed by atoms with Gasteiger partial charge in [-0.2, -0.15) is 4.31 Å². The Morgan fingerprint density at radius 3 is 2.40 bits per heavy atom. The highest BCUT2D eigenvalue weighted by molar-refractivity contribution is 7.89. The highest BCUT2D eigenvalue weighted by Crippen LogP contribution is 2.35. The lowest BCUT2D eigenvalue weighted by Crippen LogP contribution is -2.34. The number of aliphatic hydroxyl groups is 1. The van der Waals surface area contributed by atoms with E-state index >= 15 is 0 Å². The van der Waals surface area contributed by atoms with Crippen LogP contribution in [0.25, 0.3) is 16.5 Å². The van der Waals surface area contributed by atoms with Crippen LogP contribution < -0.4 is 0 Å². The van der Waals surface area contributed by atoms with Crippen molar-refractivity contribution in [3.05, 3.63) is 71.7 Å². The summed E-state index contributed by atoms with van der Waals surface area (Å²) in [5.41, 5.74) is 4.43. The van der Waals surface area contributed by atoms with Gasteiger partial charge < -0.3 is 14.6 Å². The van der Waals surface area contributed by atoms with Crippen LogP contribution in [-0.2, 0) is 16.6 Å². The standard InChI is InChI=1S/C27H32FN3O3S/c1-20-27(21-12-16-30(17-13-21)35(33,34)24-10-8-22(28)9-11-24)25-6-2-3-7-26(25)31(20)19-23(32)18-29-14-4-5-15-29/h2-3,6-12,23,32H,4-5,13-19H2,1H3. The average molecular weight is 498 g/mol. The number of hydrogen-bond donors (Lipinski definition) is 1. The van der Waals surface area contributed by atoms with Crippen molar-refractivity contribution in [2.24, 2.45) is 0 Å². The molecule has 0 aliphatic carbocycles. The second-order valence-corrected chi connectivity index (χ2v) is 11.5. The van der Waals surface area contributed by atoms with E-state index in [0.717, 1.165) is 40.8 Å². The van der Waals surface area contributed by atoms with Crippen LogP contribution in [-0.4, -0.2) is 66.1 Å². The van der Waals surface area contributed by atoms with Crippen LogP contribution in [0.1, 0.15) is 30.5 Å². The van der Waals surface area contributed by atoms with Crippen LogP contribution in [0.3, 0.4) is 0 Å². The van der Waals surface area contributed by atoms with E-state index in [2.05, 4.69) is 28.5 Å². The van der Waals surface area contributed by atoms with Gasteiger partial charge in [-0.15, -0.1) is 0 Å². The number of nitrogens with zero attached hydrogens (tertiary/aromatic N) is 3. The van der Waals surface area contributed by atoms with Crippen molar-refractivity contribution in [3.63, 3.8) is 0 Å². The lowest BCUT2D eigenvalue weighted by atomic mass is 9.97. The average Bonchev–Trinajstić information content (AvgIpc) is 3.46. The lowest BCUT2D eigenvalue weighted by Gasteiger charge is -2.26. The minimum Gasteiger partial charge on any atom is -0.390 e. The van der Waals surface area contributed by atoms with Crippen molar-refractivity contribution >= 4 is 26.5 Å². The SMILES string of the molecule is Cc1c(C2=CCN(S(=O)(=O)c3ccc(F)cc3)CC2)c2ccccc2n1CC(O)CN1CCCC1. The molecule has 5 rings (SSSR count). The Bertz CT molecular complexity index is 1340. The molecule has 6 nitrogen and oxygen atoms in total. The molecule has 0 amide bonds. The number of rotatable bonds is 7. The zero-order valence-corrected chi connectivity index (χ0v) is 20.8. The van der Waals surface area contributed by atoms with Crippen molar-refractivity contribution in [2.45, 2.75) is 43.7 Å². The van der Waals surface area contributed by atoms with Crippen LogP contribution in [0.2, 0.25) is 0 Å². The Hall–Kier alpha value is -2.52. The minimum atomic E-state index is -3.68. The molecule has 1 saturated heterocycles. The quantitative estimate of drug-likeness (QED) is 0.536. The van der Waals surface area contributed by atoms with E-state index < -0.39 is 21.9 Å². The summed E-state index contributed by atoms with van der Waals surface area (Å²) in [6.07, 6.45) is 4.53. The van der Waals surface area contributed by atoms with Crippen LogP contribution in [0.5, 0.6) is 0 Å². The highest BCUT2D eigenvalue weighted by atomic mass is 32.2. The second kappa shape index (κ2) is 9.85. The second-order valence-electron chi connectivity index (χ2n) is 9.55. The van der Waals surface area contributed by atoms with E-state index in [1.165, 1.54) is 41.4 Å². The summed E-state index contributed by atoms with van der Waals surface area (Å²) in [6, 6.07) is 13.2. The predicted octanol–water partition coefficient (Wildman–Crippen LogP) is 4.02. The van der Waals surface area contributed by atoms with Crippen molar-refractivity contribution < 1.29 is 17.9 Å². The first kappa shape index (κ1) is 24.2. The van der Waals surface area contributed by atoms with Gasteiger partial charge in [0.05, 0.1) is 17.5 Å². The number of benzene rings is 2. The molecule has 1 atom stereocenters. The monoisotopic (exact) mass is 497 g/mol. The summed E-state index contributed by atoms with van der Waals surface area (Å²) >= 11 is 0. The largest absolute Gasteiger partial charge is 0.390 e. The zero-order chi connectivity index (χ0) is 24.6. The van der Waals surface area contributed by atoms with E-state index in [1.807, 2.05) is 18.2 Å². The van der Waals surface area contributed by atoms with Crippen molar-refractivity contribution in [1.82, 2.24) is 13.8 Å². The van der Waals surface area contributed by atoms with Gasteiger partial charge in [-0.1, -0.05) is 24.3 Å². The first-order valence-corrected chi connectivity index (χ1v) is 13.7. The molecule has 2 aliphatic rings. The Morgan fingerprint density at radius 1 is 1.00 bits per heavy atom. The van der Waals surface area contributed by atoms with Gasteiger partial charge in [-0.25, -0.2) is 12.8 Å². The van der Waals surface area contributed by atoms with Gasteiger partial charge in [0, 0.05) is 41.8 Å². The van der Waals surface area contributed by atoms with Crippen LogP contribution >= 0.6 is 0 Å². The third-order valence-corrected chi connectivity index (χ3v) is 9.12. The van der Waals surface area contributed by atoms with E-state index in [9.17, 15) is 17.9 Å². The molecule has 0 bridgehead atoms. The van der Waals surface area contributed by atoms with Gasteiger partial charge in [0.1, 0.15) is 5.82 Å². The normalized spacial score (nSPS) is 18.8. The number of β-amino-alcohol motifs (C(OH)–C–C–N with tert-alkyl or cyclic N) is 1. The molecule has 0 spiro atoms. The van der Waals surface area contributed by atoms with Gasteiger partial charge in [-0.3, -0.25) is 0 Å². The summed E-state index contributed by atoms with van der Waals surface area (Å²) in [6.45, 7) is 6.03. The van der Waals surface area contributed by atoms with Gasteiger partial charge >= 0.3 is 0 Å². The van der Waals surface area contributed by atoms with Gasteiger partial charge in [0.2, 0.25) is 10.0 Å². The summed E-state index contributed by atoms with van der Waals surface area (Å²) in [7, 11) is -3.68. The highest BCUT2D eigenvalue weighted by Gasteiger charge is 2.28. The van der Waals surface area contributed by atoms with E-state index in [0.29, 0.717) is 26.1 Å². The molecule has 0 saturated carbocycles. The third-order valence-electron chi connectivity index (χ3n) is 7.24. The molecule has 2 aliphatic heterocycles. The molecular formula is C27H32FN3O3S. The molecule has 1 N–H and O–H groups in total. The number of likely N-dealkylation sites (tertiary alicyclic amines) is 1. The molecular weight excluding hydrogens is 465 g/mol. The fourth-order valence-corrected chi connectivity index (χ4v) is 6.84. The third kappa shape index (κ3) is 4.80. The summed E-state index contributed by atoms with van der Waals surface area (Å²) in [5.74, 6) is -0.456. The van der Waals surface area contributed by atoms with E-state index in [-0.39, 0.29) is 11.4 Å². The van der Waals surface area contributed by atoms with Gasteiger partial charge in [-0.05, 0) is 75.2 Å². The first-order chi connectivity index (χ1) is 16.8. The molecule has 35 heavy (non-hydrogen) atoms. The Morgan fingerprint density at radius 2 is 1.71 bits per heavy atom. The maximum Gasteiger partial charge on any atom is 0.243 e.